The zero-order valence-corrected chi connectivity index (χ0v) is 19.7. The number of nitrogens with zero attached hydrogens (tertiary/aromatic N) is 2. The maximum absolute atomic E-state index is 12.8. The number of phenolic OH excluding ortho intramolecular Hbond substituents is 1. The molecule has 1 fully saturated rings. The minimum Gasteiger partial charge on any atom is -0.504 e. The highest BCUT2D eigenvalue weighted by atomic mass is 16.5. The van der Waals surface area contributed by atoms with Crippen LogP contribution in [-0.4, -0.2) is 44.9 Å². The van der Waals surface area contributed by atoms with Gasteiger partial charge in [-0.1, -0.05) is 54.6 Å². The number of rotatable bonds is 2. The van der Waals surface area contributed by atoms with Crippen LogP contribution >= 0.6 is 0 Å². The summed E-state index contributed by atoms with van der Waals surface area (Å²) in [7, 11) is 2.14. The second-order valence-electron chi connectivity index (χ2n) is 10.9. The van der Waals surface area contributed by atoms with Crippen molar-refractivity contribution in [3.8, 4) is 11.5 Å². The van der Waals surface area contributed by atoms with Crippen molar-refractivity contribution >= 4 is 10.9 Å². The molecule has 0 saturated carbocycles. The minimum absolute atomic E-state index is 0.00901. The van der Waals surface area contributed by atoms with Crippen LogP contribution in [0.1, 0.15) is 40.5 Å². The summed E-state index contributed by atoms with van der Waals surface area (Å²) in [6, 6.07) is 22.9. The van der Waals surface area contributed by atoms with Gasteiger partial charge in [0.1, 0.15) is 0 Å². The van der Waals surface area contributed by atoms with E-state index in [0.29, 0.717) is 12.2 Å². The van der Waals surface area contributed by atoms with Crippen LogP contribution in [0.3, 0.4) is 0 Å². The van der Waals surface area contributed by atoms with Crippen molar-refractivity contribution in [2.75, 3.05) is 13.6 Å². The van der Waals surface area contributed by atoms with Crippen LogP contribution in [0.15, 0.2) is 66.7 Å². The number of ether oxygens (including phenoxy) is 1. The number of aromatic nitrogens is 1. The molecule has 176 valence electrons. The van der Waals surface area contributed by atoms with Gasteiger partial charge in [0.05, 0.1) is 16.7 Å². The van der Waals surface area contributed by atoms with Crippen LogP contribution < -0.4 is 4.74 Å². The van der Waals surface area contributed by atoms with Crippen LogP contribution in [0.4, 0.5) is 0 Å². The number of phenols is 1. The van der Waals surface area contributed by atoms with Gasteiger partial charge in [-0.3, -0.25) is 0 Å². The van der Waals surface area contributed by atoms with E-state index in [9.17, 15) is 10.2 Å². The molecule has 2 bridgehead atoms. The minimum atomic E-state index is -0.967. The highest BCUT2D eigenvalue weighted by Gasteiger charge is 2.72. The number of benzene rings is 3. The SMILES string of the molecule is CN1CC[C@]23c4c5ccc(O)c4OC2c2c(c4ccccc4n2Cc2ccccc2)C[C@@]3(O)C1C5. The lowest BCUT2D eigenvalue weighted by Gasteiger charge is -2.62. The molecule has 4 aromatic rings. The molecule has 1 aromatic heterocycles. The van der Waals surface area contributed by atoms with Crippen LogP contribution in [0.5, 0.6) is 11.5 Å². The smallest absolute Gasteiger partial charge is 0.166 e. The lowest BCUT2D eigenvalue weighted by Crippen LogP contribution is -2.74. The van der Waals surface area contributed by atoms with Crippen LogP contribution in [0, 0.1) is 0 Å². The van der Waals surface area contributed by atoms with E-state index in [4.69, 9.17) is 4.74 Å². The standard InChI is InChI=1S/C30H28N2O3/c1-31-14-13-29-25-19-11-12-23(33)27(25)35-28(29)26-21(16-30(29,34)24(31)15-19)20-9-5-6-10-22(20)32(26)17-18-7-3-2-4-8-18/h2-12,24,28,33-34H,13-17H2,1H3/t24?,28?,29-,30+/m0/s1. The van der Waals surface area contributed by atoms with Crippen LogP contribution in [0.2, 0.25) is 0 Å². The van der Waals surface area contributed by atoms with Gasteiger partial charge in [0.2, 0.25) is 0 Å². The first kappa shape index (κ1) is 20.0. The van der Waals surface area contributed by atoms with Gasteiger partial charge in [-0.2, -0.15) is 0 Å². The normalized spacial score (nSPS) is 30.1. The van der Waals surface area contributed by atoms with Crippen molar-refractivity contribution in [1.82, 2.24) is 9.47 Å². The first-order valence-electron chi connectivity index (χ1n) is 12.6. The molecule has 2 N–H and O–H groups in total. The van der Waals surface area contributed by atoms with E-state index in [0.717, 1.165) is 37.2 Å². The van der Waals surface area contributed by atoms with Gasteiger partial charge in [-0.25, -0.2) is 0 Å². The predicted molar refractivity (Wildman–Crippen MR) is 134 cm³/mol. The third-order valence-electron chi connectivity index (χ3n) is 9.48. The number of hydrogen-bond acceptors (Lipinski definition) is 4. The van der Waals surface area contributed by atoms with Crippen LogP contribution in [-0.2, 0) is 24.8 Å². The zero-order valence-electron chi connectivity index (χ0n) is 19.7. The summed E-state index contributed by atoms with van der Waals surface area (Å²) in [4.78, 5) is 2.34. The van der Waals surface area contributed by atoms with Gasteiger partial charge in [0.15, 0.2) is 17.6 Å². The Kier molecular flexibility index (Phi) is 3.70. The third kappa shape index (κ3) is 2.22. The molecule has 4 atom stereocenters. The van der Waals surface area contributed by atoms with E-state index in [1.165, 1.54) is 27.6 Å². The number of piperidine rings is 1. The van der Waals surface area contributed by atoms with Gasteiger partial charge in [0.25, 0.3) is 0 Å². The van der Waals surface area contributed by atoms with Crippen molar-refractivity contribution < 1.29 is 14.9 Å². The van der Waals surface area contributed by atoms with E-state index in [1.807, 2.05) is 12.1 Å². The third-order valence-corrected chi connectivity index (χ3v) is 9.48. The highest BCUT2D eigenvalue weighted by Crippen LogP contribution is 2.69. The monoisotopic (exact) mass is 464 g/mol. The number of aliphatic hydroxyl groups is 1. The average Bonchev–Trinajstić information content (AvgIpc) is 3.37. The Hall–Kier alpha value is -3.28. The molecule has 4 aliphatic rings. The van der Waals surface area contributed by atoms with Gasteiger partial charge >= 0.3 is 0 Å². The van der Waals surface area contributed by atoms with E-state index in [1.54, 1.807) is 6.07 Å². The molecule has 8 rings (SSSR count). The summed E-state index contributed by atoms with van der Waals surface area (Å²) in [5.74, 6) is 0.762. The first-order chi connectivity index (χ1) is 17.0. The molecule has 2 unspecified atom stereocenters. The molecule has 3 aromatic carbocycles. The molecular weight excluding hydrogens is 436 g/mol. The lowest BCUT2D eigenvalue weighted by atomic mass is 9.49. The molecule has 35 heavy (non-hydrogen) atoms. The van der Waals surface area contributed by atoms with Gasteiger partial charge in [-0.15, -0.1) is 0 Å². The fourth-order valence-electron chi connectivity index (χ4n) is 8.01. The summed E-state index contributed by atoms with van der Waals surface area (Å²) >= 11 is 0. The Morgan fingerprint density at radius 1 is 1.03 bits per heavy atom. The Balaban J connectivity index is 1.46. The van der Waals surface area contributed by atoms with Crippen molar-refractivity contribution in [3.63, 3.8) is 0 Å². The Labute approximate surface area is 204 Å². The van der Waals surface area contributed by atoms with Gasteiger partial charge in [0, 0.05) is 35.5 Å². The Morgan fingerprint density at radius 3 is 2.69 bits per heavy atom. The largest absolute Gasteiger partial charge is 0.504 e. The summed E-state index contributed by atoms with van der Waals surface area (Å²) in [6.07, 6.45) is 1.82. The summed E-state index contributed by atoms with van der Waals surface area (Å²) in [6.45, 7) is 1.64. The average molecular weight is 465 g/mol. The van der Waals surface area contributed by atoms with Crippen molar-refractivity contribution in [2.24, 2.45) is 0 Å². The Bertz CT molecular complexity index is 1530. The number of likely N-dealkylation sites (tertiary alicyclic amines) is 1. The van der Waals surface area contributed by atoms with E-state index in [-0.39, 0.29) is 17.9 Å². The maximum atomic E-state index is 12.8. The highest BCUT2D eigenvalue weighted by molar-refractivity contribution is 5.87. The van der Waals surface area contributed by atoms with Crippen LogP contribution in [0.25, 0.3) is 10.9 Å². The lowest BCUT2D eigenvalue weighted by molar-refractivity contribution is -0.168. The molecule has 0 amide bonds. The second-order valence-corrected chi connectivity index (χ2v) is 10.9. The molecule has 0 radical (unpaired) electrons. The van der Waals surface area contributed by atoms with Crippen molar-refractivity contribution in [3.05, 3.63) is 94.7 Å². The van der Waals surface area contributed by atoms with Crippen molar-refractivity contribution in [2.45, 2.75) is 49.0 Å². The summed E-state index contributed by atoms with van der Waals surface area (Å²) < 4.78 is 9.20. The van der Waals surface area contributed by atoms with Gasteiger partial charge in [-0.05, 0) is 55.3 Å². The summed E-state index contributed by atoms with van der Waals surface area (Å²) in [5.41, 5.74) is 5.48. The number of likely N-dealkylation sites (N-methyl/N-ethyl adjacent to an activating group) is 1. The number of para-hydroxylation sites is 1. The van der Waals surface area contributed by atoms with E-state index < -0.39 is 11.0 Å². The fraction of sp³-hybridized carbons (Fsp3) is 0.333. The quantitative estimate of drug-likeness (QED) is 0.464. The summed E-state index contributed by atoms with van der Waals surface area (Å²) in [5, 5.41) is 24.9. The topological polar surface area (TPSA) is 57.9 Å². The Morgan fingerprint density at radius 2 is 1.83 bits per heavy atom. The molecule has 5 nitrogen and oxygen atoms in total. The molecule has 1 spiro atoms. The maximum Gasteiger partial charge on any atom is 0.166 e. The van der Waals surface area contributed by atoms with Gasteiger partial charge < -0.3 is 24.4 Å². The fourth-order valence-corrected chi connectivity index (χ4v) is 8.01. The molecule has 3 heterocycles. The number of hydrogen-bond donors (Lipinski definition) is 2. The predicted octanol–water partition coefficient (Wildman–Crippen LogP) is 4.31. The first-order valence-corrected chi connectivity index (χ1v) is 12.6. The second kappa shape index (κ2) is 6.48. The molecule has 5 heteroatoms. The van der Waals surface area contributed by atoms with Crippen molar-refractivity contribution in [1.29, 1.82) is 0 Å². The van der Waals surface area contributed by atoms with E-state index in [2.05, 4.69) is 65.0 Å². The molecule has 1 saturated heterocycles. The molecule has 2 aliphatic heterocycles. The molecular formula is C30H28N2O3. The van der Waals surface area contributed by atoms with E-state index >= 15 is 0 Å². The molecule has 2 aliphatic carbocycles. The number of aromatic hydroxyl groups is 1. The zero-order chi connectivity index (χ0) is 23.5. The number of fused-ring (bicyclic) bond motifs is 4.